The average molecular weight is 354 g/mol. The minimum absolute atomic E-state index is 0.896. The van der Waals surface area contributed by atoms with E-state index in [1.807, 2.05) is 11.3 Å². The van der Waals surface area contributed by atoms with Gasteiger partial charge in [-0.15, -0.1) is 11.3 Å². The van der Waals surface area contributed by atoms with Crippen molar-refractivity contribution in [1.29, 1.82) is 0 Å². The molecule has 1 aromatic heterocycles. The van der Waals surface area contributed by atoms with E-state index in [0.717, 1.165) is 10.6 Å². The maximum Gasteiger partial charge on any atom is 0.0478 e. The summed E-state index contributed by atoms with van der Waals surface area (Å²) >= 11 is 11.9. The zero-order valence-corrected chi connectivity index (χ0v) is 14.5. The Bertz CT molecular complexity index is 762. The smallest absolute Gasteiger partial charge is 0.0478 e. The summed E-state index contributed by atoms with van der Waals surface area (Å²) in [5, 5.41) is 3.58. The van der Waals surface area contributed by atoms with Crippen molar-refractivity contribution >= 4 is 59.0 Å². The second-order valence-corrected chi connectivity index (χ2v) is 7.31. The third-order valence-electron chi connectivity index (χ3n) is 3.74. The molecule has 0 amide bonds. The lowest BCUT2D eigenvalue weighted by atomic mass is 10.0. The van der Waals surface area contributed by atoms with Crippen LogP contribution in [0.15, 0.2) is 16.6 Å². The van der Waals surface area contributed by atoms with Gasteiger partial charge in [-0.3, -0.25) is 0 Å². The molecule has 0 aliphatic carbocycles. The van der Waals surface area contributed by atoms with Crippen LogP contribution in [0.1, 0.15) is 22.3 Å². The van der Waals surface area contributed by atoms with Crippen LogP contribution in [0.4, 0.5) is 0 Å². The summed E-state index contributed by atoms with van der Waals surface area (Å²) in [4.78, 5) is 0. The van der Waals surface area contributed by atoms with E-state index < -0.39 is 0 Å². The number of halogens is 2. The molecule has 0 aliphatic heterocycles. The number of hydrogen-bond donors (Lipinski definition) is 0. The van der Waals surface area contributed by atoms with Gasteiger partial charge in [0, 0.05) is 29.7 Å². The number of rotatable bonds is 0. The molecule has 0 N–H and O–H groups in total. The minimum Gasteiger partial charge on any atom is -0.135 e. The van der Waals surface area contributed by atoms with E-state index in [2.05, 4.69) is 55.8 Å². The van der Waals surface area contributed by atoms with Crippen molar-refractivity contribution < 1.29 is 0 Å². The van der Waals surface area contributed by atoms with E-state index in [0.29, 0.717) is 0 Å². The first kappa shape index (κ1) is 13.4. The van der Waals surface area contributed by atoms with Gasteiger partial charge in [0.15, 0.2) is 0 Å². The Kier molecular flexibility index (Phi) is 3.16. The lowest BCUT2D eigenvalue weighted by Gasteiger charge is -2.05. The van der Waals surface area contributed by atoms with E-state index in [1.54, 1.807) is 0 Å². The molecule has 0 radical (unpaired) electrons. The second-order valence-electron chi connectivity index (χ2n) is 5.12. The average Bonchev–Trinajstić information content (AvgIpc) is 2.73. The van der Waals surface area contributed by atoms with Crippen LogP contribution in [0.3, 0.4) is 0 Å². The van der Waals surface area contributed by atoms with Gasteiger partial charge in [0.05, 0.1) is 0 Å². The molecule has 2 aromatic carbocycles. The SMILES string of the molecule is Cc1cc2c(sc3c(C)c(Br)c(C)cc32)c(C)c1Cl. The molecule has 19 heavy (non-hydrogen) atoms. The highest BCUT2D eigenvalue weighted by atomic mass is 79.9. The van der Waals surface area contributed by atoms with Gasteiger partial charge in [-0.05, 0) is 62.1 Å². The number of hydrogen-bond acceptors (Lipinski definition) is 1. The normalized spacial score (nSPS) is 11.7. The highest BCUT2D eigenvalue weighted by molar-refractivity contribution is 9.10. The topological polar surface area (TPSA) is 0 Å². The first-order valence-corrected chi connectivity index (χ1v) is 8.18. The van der Waals surface area contributed by atoms with Crippen LogP contribution < -0.4 is 0 Å². The van der Waals surface area contributed by atoms with Crippen molar-refractivity contribution in [2.45, 2.75) is 27.7 Å². The van der Waals surface area contributed by atoms with Crippen molar-refractivity contribution in [2.24, 2.45) is 0 Å². The molecule has 3 aromatic rings. The summed E-state index contributed by atoms with van der Waals surface area (Å²) in [6.07, 6.45) is 0. The molecule has 0 saturated carbocycles. The van der Waals surface area contributed by atoms with Gasteiger partial charge in [-0.2, -0.15) is 0 Å². The first-order chi connectivity index (χ1) is 8.91. The van der Waals surface area contributed by atoms with E-state index in [4.69, 9.17) is 11.6 Å². The van der Waals surface area contributed by atoms with Gasteiger partial charge in [0.1, 0.15) is 0 Å². The highest BCUT2D eigenvalue weighted by Gasteiger charge is 2.15. The Morgan fingerprint density at radius 3 is 2.05 bits per heavy atom. The standard InChI is InChI=1S/C16H14BrClS/c1-7-5-11-12-6-8(2)14(18)10(4)16(12)19-15(11)9(3)13(7)17/h5-6H,1-4H3. The van der Waals surface area contributed by atoms with Crippen LogP contribution in [0.25, 0.3) is 20.2 Å². The van der Waals surface area contributed by atoms with Crippen molar-refractivity contribution in [3.8, 4) is 0 Å². The fourth-order valence-electron chi connectivity index (χ4n) is 2.65. The van der Waals surface area contributed by atoms with Crippen molar-refractivity contribution in [3.05, 3.63) is 43.9 Å². The predicted molar refractivity (Wildman–Crippen MR) is 91.0 cm³/mol. The fourth-order valence-corrected chi connectivity index (χ4v) is 4.57. The van der Waals surface area contributed by atoms with Gasteiger partial charge < -0.3 is 0 Å². The van der Waals surface area contributed by atoms with E-state index in [-0.39, 0.29) is 0 Å². The molecule has 0 spiro atoms. The lowest BCUT2D eigenvalue weighted by Crippen LogP contribution is -1.83. The molecule has 0 fully saturated rings. The third kappa shape index (κ3) is 1.84. The molecule has 0 unspecified atom stereocenters. The van der Waals surface area contributed by atoms with Crippen LogP contribution in [0.5, 0.6) is 0 Å². The maximum absolute atomic E-state index is 6.38. The summed E-state index contributed by atoms with van der Waals surface area (Å²) < 4.78 is 3.88. The van der Waals surface area contributed by atoms with Crippen LogP contribution in [0.2, 0.25) is 5.02 Å². The Hall–Kier alpha value is -0.570. The molecule has 0 saturated heterocycles. The summed E-state index contributed by atoms with van der Waals surface area (Å²) in [6, 6.07) is 4.49. The Morgan fingerprint density at radius 2 is 1.42 bits per heavy atom. The predicted octanol–water partition coefficient (Wildman–Crippen LogP) is 6.70. The molecule has 0 atom stereocenters. The summed E-state index contributed by atoms with van der Waals surface area (Å²) in [6.45, 7) is 8.52. The second kappa shape index (κ2) is 4.47. The number of aryl methyl sites for hydroxylation is 4. The quantitative estimate of drug-likeness (QED) is 0.421. The van der Waals surface area contributed by atoms with Crippen molar-refractivity contribution in [3.63, 3.8) is 0 Å². The van der Waals surface area contributed by atoms with Gasteiger partial charge in [-0.1, -0.05) is 27.5 Å². The molecule has 0 nitrogen and oxygen atoms in total. The van der Waals surface area contributed by atoms with Crippen molar-refractivity contribution in [2.75, 3.05) is 0 Å². The number of benzene rings is 2. The van der Waals surface area contributed by atoms with Gasteiger partial charge in [0.2, 0.25) is 0 Å². The summed E-state index contributed by atoms with van der Waals surface area (Å²) in [5.41, 5.74) is 4.97. The first-order valence-electron chi connectivity index (χ1n) is 6.19. The van der Waals surface area contributed by atoms with Gasteiger partial charge >= 0.3 is 0 Å². The molecular weight excluding hydrogens is 340 g/mol. The van der Waals surface area contributed by atoms with Crippen LogP contribution in [0, 0.1) is 27.7 Å². The molecule has 0 aliphatic rings. The van der Waals surface area contributed by atoms with Crippen LogP contribution in [-0.2, 0) is 0 Å². The Morgan fingerprint density at radius 1 is 0.895 bits per heavy atom. The summed E-state index contributed by atoms with van der Waals surface area (Å²) in [5.74, 6) is 0. The number of fused-ring (bicyclic) bond motifs is 3. The zero-order valence-electron chi connectivity index (χ0n) is 11.3. The number of thiophene rings is 1. The van der Waals surface area contributed by atoms with E-state index in [1.165, 1.54) is 41.3 Å². The summed E-state index contributed by atoms with van der Waals surface area (Å²) in [7, 11) is 0. The fraction of sp³-hybridized carbons (Fsp3) is 0.250. The monoisotopic (exact) mass is 352 g/mol. The van der Waals surface area contributed by atoms with E-state index in [9.17, 15) is 0 Å². The molecule has 1 heterocycles. The van der Waals surface area contributed by atoms with Gasteiger partial charge in [-0.25, -0.2) is 0 Å². The van der Waals surface area contributed by atoms with E-state index >= 15 is 0 Å². The van der Waals surface area contributed by atoms with Crippen LogP contribution >= 0.6 is 38.9 Å². The molecule has 98 valence electrons. The molecular formula is C16H14BrClS. The Labute approximate surface area is 130 Å². The highest BCUT2D eigenvalue weighted by Crippen LogP contribution is 2.43. The molecule has 3 heteroatoms. The largest absolute Gasteiger partial charge is 0.135 e. The maximum atomic E-state index is 6.38. The van der Waals surface area contributed by atoms with Crippen LogP contribution in [-0.4, -0.2) is 0 Å². The zero-order chi connectivity index (χ0) is 13.9. The third-order valence-corrected chi connectivity index (χ3v) is 7.00. The van der Waals surface area contributed by atoms with Gasteiger partial charge in [0.25, 0.3) is 0 Å². The Balaban J connectivity index is 2.61. The minimum atomic E-state index is 0.896. The van der Waals surface area contributed by atoms with Crippen molar-refractivity contribution in [1.82, 2.24) is 0 Å². The molecule has 0 bridgehead atoms. The lowest BCUT2D eigenvalue weighted by molar-refractivity contribution is 1.39. The molecule has 3 rings (SSSR count).